The van der Waals surface area contributed by atoms with Gasteiger partial charge in [0.2, 0.25) is 0 Å². The highest BCUT2D eigenvalue weighted by Gasteiger charge is 2.19. The molecule has 1 unspecified atom stereocenters. The van der Waals surface area contributed by atoms with Crippen molar-refractivity contribution in [3.8, 4) is 5.75 Å². The summed E-state index contributed by atoms with van der Waals surface area (Å²) in [7, 11) is 1.53. The first kappa shape index (κ1) is 17.3. The topological polar surface area (TPSA) is 59.0 Å². The van der Waals surface area contributed by atoms with Gasteiger partial charge in [0.25, 0.3) is 0 Å². The summed E-state index contributed by atoms with van der Waals surface area (Å²) in [5, 5.41) is 8.95. The van der Waals surface area contributed by atoms with Crippen molar-refractivity contribution < 1.29 is 28.2 Å². The van der Waals surface area contributed by atoms with E-state index < -0.39 is 12.6 Å². The van der Waals surface area contributed by atoms with E-state index in [2.05, 4.69) is 4.74 Å². The van der Waals surface area contributed by atoms with Crippen LogP contribution in [0.5, 0.6) is 5.75 Å². The van der Waals surface area contributed by atoms with Gasteiger partial charge in [-0.25, -0.2) is 0 Å². The number of carboxylic acid groups (broad SMARTS) is 1. The van der Waals surface area contributed by atoms with Crippen LogP contribution in [-0.2, 0) is 9.53 Å². The van der Waals surface area contributed by atoms with Gasteiger partial charge in [0.1, 0.15) is 5.75 Å². The van der Waals surface area contributed by atoms with Crippen LogP contribution >= 0.6 is 0 Å². The highest BCUT2D eigenvalue weighted by Crippen LogP contribution is 2.24. The molecule has 1 atom stereocenters. The van der Waals surface area contributed by atoms with Crippen LogP contribution in [0.2, 0.25) is 0 Å². The Morgan fingerprint density at radius 3 is 2.71 bits per heavy atom. The van der Waals surface area contributed by atoms with Crippen molar-refractivity contribution in [2.45, 2.75) is 19.6 Å². The van der Waals surface area contributed by atoms with Crippen LogP contribution < -0.4 is 4.74 Å². The van der Waals surface area contributed by atoms with Crippen LogP contribution in [-0.4, -0.2) is 49.4 Å². The van der Waals surface area contributed by atoms with Gasteiger partial charge in [0, 0.05) is 19.7 Å². The van der Waals surface area contributed by atoms with Crippen LogP contribution in [0.1, 0.15) is 18.5 Å². The van der Waals surface area contributed by atoms with Crippen molar-refractivity contribution in [1.29, 1.82) is 0 Å². The number of alkyl halides is 2. The van der Waals surface area contributed by atoms with E-state index in [1.165, 1.54) is 19.2 Å². The summed E-state index contributed by atoms with van der Waals surface area (Å²) in [6.45, 7) is -0.446. The van der Waals surface area contributed by atoms with Gasteiger partial charge < -0.3 is 14.6 Å². The lowest BCUT2D eigenvalue weighted by Gasteiger charge is -2.27. The molecule has 0 saturated heterocycles. The number of methoxy groups -OCH3 is 1. The molecule has 0 aliphatic heterocycles. The molecule has 118 valence electrons. The van der Waals surface area contributed by atoms with Gasteiger partial charge >= 0.3 is 12.6 Å². The van der Waals surface area contributed by atoms with Gasteiger partial charge in [0.05, 0.1) is 13.2 Å². The SMILES string of the molecule is COCCN(CC(=O)O)C(C)c1cccc(OC(F)F)c1. The van der Waals surface area contributed by atoms with E-state index in [9.17, 15) is 13.6 Å². The van der Waals surface area contributed by atoms with Crippen molar-refractivity contribution in [1.82, 2.24) is 4.90 Å². The minimum atomic E-state index is -2.89. The maximum Gasteiger partial charge on any atom is 0.387 e. The fraction of sp³-hybridized carbons (Fsp3) is 0.500. The van der Waals surface area contributed by atoms with Gasteiger partial charge in [-0.3, -0.25) is 9.69 Å². The minimum absolute atomic E-state index is 0.0522. The molecule has 5 nitrogen and oxygen atoms in total. The van der Waals surface area contributed by atoms with E-state index in [0.29, 0.717) is 18.7 Å². The van der Waals surface area contributed by atoms with Gasteiger partial charge in [-0.05, 0) is 24.6 Å². The average Bonchev–Trinajstić information content (AvgIpc) is 2.42. The zero-order valence-electron chi connectivity index (χ0n) is 12.0. The number of carbonyl (C=O) groups is 1. The van der Waals surface area contributed by atoms with Crippen LogP contribution in [0.25, 0.3) is 0 Å². The molecule has 0 radical (unpaired) electrons. The Kier molecular flexibility index (Phi) is 7.04. The van der Waals surface area contributed by atoms with Crippen molar-refractivity contribution >= 4 is 5.97 Å². The molecule has 0 aliphatic rings. The summed E-state index contributed by atoms with van der Waals surface area (Å²) >= 11 is 0. The monoisotopic (exact) mass is 303 g/mol. The molecule has 0 aliphatic carbocycles. The predicted octanol–water partition coefficient (Wildman–Crippen LogP) is 2.38. The van der Waals surface area contributed by atoms with E-state index in [-0.39, 0.29) is 18.3 Å². The smallest absolute Gasteiger partial charge is 0.387 e. The average molecular weight is 303 g/mol. The maximum absolute atomic E-state index is 12.2. The van der Waals surface area contributed by atoms with Crippen LogP contribution in [0.3, 0.4) is 0 Å². The molecule has 1 rings (SSSR count). The molecule has 0 heterocycles. The van der Waals surface area contributed by atoms with Crippen LogP contribution in [0.4, 0.5) is 8.78 Å². The zero-order valence-corrected chi connectivity index (χ0v) is 12.0. The van der Waals surface area contributed by atoms with Gasteiger partial charge in [-0.1, -0.05) is 12.1 Å². The number of carboxylic acids is 1. The Bertz CT molecular complexity index is 456. The second-order valence-corrected chi connectivity index (χ2v) is 4.48. The normalized spacial score (nSPS) is 12.7. The van der Waals surface area contributed by atoms with Crippen molar-refractivity contribution in [3.05, 3.63) is 29.8 Å². The summed E-state index contributed by atoms with van der Waals surface area (Å²) in [4.78, 5) is 12.6. The molecule has 0 saturated carbocycles. The molecule has 1 N–H and O–H groups in total. The number of halogens is 2. The van der Waals surface area contributed by atoms with Crippen LogP contribution in [0.15, 0.2) is 24.3 Å². The quantitative estimate of drug-likeness (QED) is 0.759. The molecular formula is C14H19F2NO4. The van der Waals surface area contributed by atoms with E-state index in [1.54, 1.807) is 24.0 Å². The molecule has 1 aromatic rings. The molecule has 21 heavy (non-hydrogen) atoms. The second kappa shape index (κ2) is 8.53. The Morgan fingerprint density at radius 1 is 1.43 bits per heavy atom. The van der Waals surface area contributed by atoms with Crippen molar-refractivity contribution in [2.24, 2.45) is 0 Å². The molecule has 1 aromatic carbocycles. The first-order valence-corrected chi connectivity index (χ1v) is 6.43. The largest absolute Gasteiger partial charge is 0.480 e. The lowest BCUT2D eigenvalue weighted by atomic mass is 10.1. The lowest BCUT2D eigenvalue weighted by molar-refractivity contribution is -0.139. The summed E-state index contributed by atoms with van der Waals surface area (Å²) < 4.78 is 33.8. The molecule has 0 aromatic heterocycles. The molecule has 7 heteroatoms. The molecule has 0 bridgehead atoms. The molecular weight excluding hydrogens is 284 g/mol. The third kappa shape index (κ3) is 6.05. The molecule has 0 amide bonds. The number of benzene rings is 1. The minimum Gasteiger partial charge on any atom is -0.480 e. The first-order valence-electron chi connectivity index (χ1n) is 6.43. The Hall–Kier alpha value is -1.73. The highest BCUT2D eigenvalue weighted by atomic mass is 19.3. The van der Waals surface area contributed by atoms with Gasteiger partial charge in [-0.15, -0.1) is 0 Å². The van der Waals surface area contributed by atoms with E-state index in [1.807, 2.05) is 0 Å². The number of hydrogen-bond donors (Lipinski definition) is 1. The lowest BCUT2D eigenvalue weighted by Crippen LogP contribution is -2.35. The van der Waals surface area contributed by atoms with E-state index in [0.717, 1.165) is 0 Å². The van der Waals surface area contributed by atoms with Gasteiger partial charge in [-0.2, -0.15) is 8.78 Å². The standard InChI is InChI=1S/C14H19F2NO4/c1-10(17(6-7-20-2)9-13(18)19)11-4-3-5-12(8-11)21-14(15)16/h3-5,8,10,14H,6-7,9H2,1-2H3,(H,18,19). The number of aliphatic carboxylic acids is 1. The Labute approximate surface area is 122 Å². The Morgan fingerprint density at radius 2 is 2.14 bits per heavy atom. The van der Waals surface area contributed by atoms with Crippen molar-refractivity contribution in [2.75, 3.05) is 26.8 Å². The molecule has 0 spiro atoms. The second-order valence-electron chi connectivity index (χ2n) is 4.48. The fourth-order valence-corrected chi connectivity index (χ4v) is 1.95. The molecule has 0 fully saturated rings. The zero-order chi connectivity index (χ0) is 15.8. The number of hydrogen-bond acceptors (Lipinski definition) is 4. The van der Waals surface area contributed by atoms with Gasteiger partial charge in [0.15, 0.2) is 0 Å². The fourth-order valence-electron chi connectivity index (χ4n) is 1.95. The third-order valence-electron chi connectivity index (χ3n) is 3.03. The highest BCUT2D eigenvalue weighted by molar-refractivity contribution is 5.69. The third-order valence-corrected chi connectivity index (χ3v) is 3.03. The maximum atomic E-state index is 12.2. The summed E-state index contributed by atoms with van der Waals surface area (Å²) in [5.74, 6) is -0.908. The predicted molar refractivity (Wildman–Crippen MR) is 72.6 cm³/mol. The number of rotatable bonds is 9. The van der Waals surface area contributed by atoms with E-state index in [4.69, 9.17) is 9.84 Å². The summed E-state index contributed by atoms with van der Waals surface area (Å²) in [6, 6.07) is 5.98. The summed E-state index contributed by atoms with van der Waals surface area (Å²) in [5.41, 5.74) is 0.700. The Balaban J connectivity index is 2.85. The van der Waals surface area contributed by atoms with E-state index >= 15 is 0 Å². The first-order chi connectivity index (χ1) is 9.93. The van der Waals surface area contributed by atoms with Crippen molar-refractivity contribution in [3.63, 3.8) is 0 Å². The summed E-state index contributed by atoms with van der Waals surface area (Å²) in [6.07, 6.45) is 0. The number of ether oxygens (including phenoxy) is 2. The van der Waals surface area contributed by atoms with Crippen LogP contribution in [0, 0.1) is 0 Å². The number of nitrogens with zero attached hydrogens (tertiary/aromatic N) is 1.